The summed E-state index contributed by atoms with van der Waals surface area (Å²) in [4.78, 5) is 15.8. The van der Waals surface area contributed by atoms with Crippen LogP contribution in [-0.4, -0.2) is 60.9 Å². The topological polar surface area (TPSA) is 58.6 Å². The number of carbonyl (C=O) groups is 1. The molecule has 0 atom stereocenters. The molecule has 20 heavy (non-hydrogen) atoms. The van der Waals surface area contributed by atoms with Crippen LogP contribution in [0.5, 0.6) is 0 Å². The number of piperazine rings is 1. The van der Waals surface area contributed by atoms with Crippen LogP contribution in [0.1, 0.15) is 17.7 Å². The molecule has 0 bridgehead atoms. The minimum absolute atomic E-state index is 0.0622. The van der Waals surface area contributed by atoms with E-state index in [0.717, 1.165) is 50.5 Å². The molecule has 0 unspecified atom stereocenters. The van der Waals surface area contributed by atoms with Crippen LogP contribution in [-0.2, 0) is 22.4 Å². The molecule has 1 aliphatic carbocycles. The highest BCUT2D eigenvalue weighted by atomic mass is 16.5. The molecular weight excluding hydrogens is 256 g/mol. The lowest BCUT2D eigenvalue weighted by Crippen LogP contribution is -2.50. The maximum absolute atomic E-state index is 11.7. The number of amides is 1. The number of anilines is 1. The van der Waals surface area contributed by atoms with Crippen molar-refractivity contribution in [2.45, 2.75) is 19.3 Å². The zero-order chi connectivity index (χ0) is 13.9. The van der Waals surface area contributed by atoms with Gasteiger partial charge in [-0.15, -0.1) is 5.10 Å². The first kappa shape index (κ1) is 13.3. The van der Waals surface area contributed by atoms with Gasteiger partial charge >= 0.3 is 0 Å². The van der Waals surface area contributed by atoms with E-state index in [1.165, 1.54) is 12.0 Å². The molecule has 3 rings (SSSR count). The van der Waals surface area contributed by atoms with Crippen molar-refractivity contribution in [3.63, 3.8) is 0 Å². The molecule has 1 amide bonds. The quantitative estimate of drug-likeness (QED) is 0.792. The number of hydrogen-bond acceptors (Lipinski definition) is 5. The summed E-state index contributed by atoms with van der Waals surface area (Å²) in [5, 5.41) is 8.65. The van der Waals surface area contributed by atoms with Crippen molar-refractivity contribution in [1.29, 1.82) is 0 Å². The first-order valence-electron chi connectivity index (χ1n) is 7.15. The standard InChI is InChI=1S/C14H20N4O2/c1-20-10-14(19)18-7-5-17(6-8-18)13-9-11-3-2-4-12(11)15-16-13/h9H,2-8,10H2,1H3. The summed E-state index contributed by atoms with van der Waals surface area (Å²) >= 11 is 0. The molecule has 0 saturated carbocycles. The van der Waals surface area contributed by atoms with Crippen molar-refractivity contribution < 1.29 is 9.53 Å². The maximum atomic E-state index is 11.7. The zero-order valence-corrected chi connectivity index (χ0v) is 11.8. The predicted octanol–water partition coefficient (Wildman–Crippen LogP) is 0.260. The summed E-state index contributed by atoms with van der Waals surface area (Å²) in [6.45, 7) is 3.23. The van der Waals surface area contributed by atoms with Gasteiger partial charge in [0.15, 0.2) is 5.82 Å². The van der Waals surface area contributed by atoms with Gasteiger partial charge in [-0.1, -0.05) is 0 Å². The fourth-order valence-electron chi connectivity index (χ4n) is 2.87. The van der Waals surface area contributed by atoms with Gasteiger partial charge in [-0.25, -0.2) is 0 Å². The number of methoxy groups -OCH3 is 1. The van der Waals surface area contributed by atoms with Crippen LogP contribution < -0.4 is 4.90 Å². The Hall–Kier alpha value is -1.69. The second-order valence-electron chi connectivity index (χ2n) is 5.33. The second kappa shape index (κ2) is 5.75. The molecule has 0 radical (unpaired) electrons. The van der Waals surface area contributed by atoms with Crippen molar-refractivity contribution in [1.82, 2.24) is 15.1 Å². The third-order valence-electron chi connectivity index (χ3n) is 4.03. The van der Waals surface area contributed by atoms with Crippen molar-refractivity contribution in [3.05, 3.63) is 17.3 Å². The van der Waals surface area contributed by atoms with Crippen LogP contribution in [0.25, 0.3) is 0 Å². The average molecular weight is 276 g/mol. The minimum atomic E-state index is 0.0622. The van der Waals surface area contributed by atoms with Gasteiger partial charge in [-0.3, -0.25) is 4.79 Å². The third kappa shape index (κ3) is 2.60. The van der Waals surface area contributed by atoms with Crippen molar-refractivity contribution in [2.75, 3.05) is 44.8 Å². The van der Waals surface area contributed by atoms with E-state index in [-0.39, 0.29) is 12.5 Å². The first-order valence-corrected chi connectivity index (χ1v) is 7.15. The molecule has 0 aromatic carbocycles. The Bertz CT molecular complexity index is 498. The molecule has 6 nitrogen and oxygen atoms in total. The molecule has 0 N–H and O–H groups in total. The number of aryl methyl sites for hydroxylation is 2. The number of ether oxygens (including phenoxy) is 1. The van der Waals surface area contributed by atoms with Gasteiger partial charge in [0, 0.05) is 33.3 Å². The number of hydrogen-bond donors (Lipinski definition) is 0. The molecule has 1 aliphatic heterocycles. The number of aromatic nitrogens is 2. The highest BCUT2D eigenvalue weighted by Crippen LogP contribution is 2.23. The summed E-state index contributed by atoms with van der Waals surface area (Å²) in [6.07, 6.45) is 3.36. The van der Waals surface area contributed by atoms with E-state index >= 15 is 0 Å². The van der Waals surface area contributed by atoms with Crippen LogP contribution in [0.4, 0.5) is 5.82 Å². The van der Waals surface area contributed by atoms with Crippen LogP contribution >= 0.6 is 0 Å². The first-order chi connectivity index (χ1) is 9.78. The highest BCUT2D eigenvalue weighted by Gasteiger charge is 2.23. The minimum Gasteiger partial charge on any atom is -0.375 e. The molecule has 2 aliphatic rings. The van der Waals surface area contributed by atoms with E-state index < -0.39 is 0 Å². The predicted molar refractivity (Wildman–Crippen MR) is 74.7 cm³/mol. The van der Waals surface area contributed by atoms with E-state index in [1.54, 1.807) is 7.11 Å². The largest absolute Gasteiger partial charge is 0.375 e. The highest BCUT2D eigenvalue weighted by molar-refractivity contribution is 5.77. The summed E-state index contributed by atoms with van der Waals surface area (Å²) in [5.74, 6) is 1.01. The van der Waals surface area contributed by atoms with Gasteiger partial charge in [-0.2, -0.15) is 5.10 Å². The summed E-state index contributed by atoms with van der Waals surface area (Å²) < 4.78 is 4.89. The molecule has 2 heterocycles. The van der Waals surface area contributed by atoms with Gasteiger partial charge in [-0.05, 0) is 30.9 Å². The van der Waals surface area contributed by atoms with Gasteiger partial charge in [0.2, 0.25) is 5.91 Å². The van der Waals surface area contributed by atoms with E-state index in [9.17, 15) is 4.79 Å². The lowest BCUT2D eigenvalue weighted by molar-refractivity contribution is -0.135. The lowest BCUT2D eigenvalue weighted by atomic mass is 10.2. The van der Waals surface area contributed by atoms with Gasteiger partial charge < -0.3 is 14.5 Å². The Kier molecular flexibility index (Phi) is 3.82. The Morgan fingerprint density at radius 2 is 2.05 bits per heavy atom. The lowest BCUT2D eigenvalue weighted by Gasteiger charge is -2.35. The summed E-state index contributed by atoms with van der Waals surface area (Å²) in [6, 6.07) is 2.17. The Balaban J connectivity index is 1.62. The smallest absolute Gasteiger partial charge is 0.248 e. The zero-order valence-electron chi connectivity index (χ0n) is 11.8. The molecule has 1 saturated heterocycles. The van der Waals surface area contributed by atoms with Crippen LogP contribution in [0.2, 0.25) is 0 Å². The molecule has 0 spiro atoms. The van der Waals surface area contributed by atoms with Gasteiger partial charge in [0.25, 0.3) is 0 Å². The third-order valence-corrected chi connectivity index (χ3v) is 4.03. The number of carbonyl (C=O) groups excluding carboxylic acids is 1. The van der Waals surface area contributed by atoms with Gasteiger partial charge in [0.05, 0.1) is 5.69 Å². The Morgan fingerprint density at radius 1 is 1.25 bits per heavy atom. The van der Waals surface area contributed by atoms with Crippen molar-refractivity contribution in [2.24, 2.45) is 0 Å². The van der Waals surface area contributed by atoms with Crippen LogP contribution in [0.15, 0.2) is 6.07 Å². The fourth-order valence-corrected chi connectivity index (χ4v) is 2.87. The van der Waals surface area contributed by atoms with E-state index in [0.29, 0.717) is 0 Å². The maximum Gasteiger partial charge on any atom is 0.248 e. The molecule has 6 heteroatoms. The van der Waals surface area contributed by atoms with Crippen LogP contribution in [0.3, 0.4) is 0 Å². The van der Waals surface area contributed by atoms with Gasteiger partial charge in [0.1, 0.15) is 6.61 Å². The molecule has 1 fully saturated rings. The van der Waals surface area contributed by atoms with E-state index in [1.807, 2.05) is 4.90 Å². The van der Waals surface area contributed by atoms with E-state index in [2.05, 4.69) is 21.2 Å². The van der Waals surface area contributed by atoms with Crippen molar-refractivity contribution >= 4 is 11.7 Å². The SMILES string of the molecule is COCC(=O)N1CCN(c2cc3c(nn2)CCC3)CC1. The molecule has 1 aromatic rings. The summed E-state index contributed by atoms with van der Waals surface area (Å²) in [5.41, 5.74) is 2.50. The molecular formula is C14H20N4O2. The average Bonchev–Trinajstić information content (AvgIpc) is 2.95. The van der Waals surface area contributed by atoms with Crippen LogP contribution in [0, 0.1) is 0 Å². The summed E-state index contributed by atoms with van der Waals surface area (Å²) in [7, 11) is 1.55. The molecule has 1 aromatic heterocycles. The number of rotatable bonds is 3. The normalized spacial score (nSPS) is 18.2. The second-order valence-corrected chi connectivity index (χ2v) is 5.33. The van der Waals surface area contributed by atoms with Crippen molar-refractivity contribution in [3.8, 4) is 0 Å². The monoisotopic (exact) mass is 276 g/mol. The Morgan fingerprint density at radius 3 is 2.80 bits per heavy atom. The number of nitrogens with zero attached hydrogens (tertiary/aromatic N) is 4. The number of fused-ring (bicyclic) bond motifs is 1. The molecule has 108 valence electrons. The van der Waals surface area contributed by atoms with E-state index in [4.69, 9.17) is 4.74 Å². The fraction of sp³-hybridized carbons (Fsp3) is 0.643. The Labute approximate surface area is 118 Å².